The minimum atomic E-state index is -1.26. The molecule has 3 aromatic carbocycles. The third kappa shape index (κ3) is 6.98. The molecule has 9 heteroatoms. The molecular weight excluding hydrogens is 518 g/mol. The molecule has 5 rings (SSSR count). The van der Waals surface area contributed by atoms with E-state index >= 15 is 0 Å². The molecule has 0 atom stereocenters. The number of rotatable bonds is 7. The number of benzene rings is 3. The highest BCUT2D eigenvalue weighted by atomic mass is 35.5. The molecule has 1 aromatic heterocycles. The Labute approximate surface area is 231 Å². The van der Waals surface area contributed by atoms with Crippen molar-refractivity contribution in [3.63, 3.8) is 0 Å². The first kappa shape index (κ1) is 27.8. The second-order valence-electron chi connectivity index (χ2n) is 9.31. The Kier molecular flexibility index (Phi) is 8.91. The first-order valence-corrected chi connectivity index (χ1v) is 12.8. The summed E-state index contributed by atoms with van der Waals surface area (Å²) in [6, 6.07) is 25.0. The number of anilines is 1. The zero-order valence-corrected chi connectivity index (χ0v) is 22.5. The van der Waals surface area contributed by atoms with Crippen molar-refractivity contribution in [1.82, 2.24) is 9.47 Å². The monoisotopic (exact) mass is 547 g/mol. The van der Waals surface area contributed by atoms with Crippen LogP contribution in [-0.2, 0) is 29.2 Å². The van der Waals surface area contributed by atoms with E-state index in [0.717, 1.165) is 59.3 Å². The van der Waals surface area contributed by atoms with Gasteiger partial charge in [-0.15, -0.1) is 0 Å². The molecule has 2 heterocycles. The largest absolute Gasteiger partial charge is 0.478 e. The van der Waals surface area contributed by atoms with Crippen molar-refractivity contribution in [3.05, 3.63) is 101 Å². The molecule has 0 bridgehead atoms. The van der Waals surface area contributed by atoms with E-state index in [4.69, 9.17) is 26.6 Å². The van der Waals surface area contributed by atoms with Crippen LogP contribution < -0.4 is 9.64 Å². The lowest BCUT2D eigenvalue weighted by molar-refractivity contribution is -0.134. The number of halogens is 1. The van der Waals surface area contributed by atoms with E-state index in [1.54, 1.807) is 0 Å². The van der Waals surface area contributed by atoms with Gasteiger partial charge in [-0.1, -0.05) is 54.1 Å². The number of ether oxygens (including phenoxy) is 1. The van der Waals surface area contributed by atoms with Crippen molar-refractivity contribution < 1.29 is 24.5 Å². The van der Waals surface area contributed by atoms with Gasteiger partial charge in [0, 0.05) is 42.2 Å². The number of hydrogen-bond donors (Lipinski definition) is 2. The van der Waals surface area contributed by atoms with Gasteiger partial charge >= 0.3 is 11.9 Å². The quantitative estimate of drug-likeness (QED) is 0.279. The van der Waals surface area contributed by atoms with Gasteiger partial charge in [-0.2, -0.15) is 0 Å². The molecule has 1 aliphatic rings. The van der Waals surface area contributed by atoms with Gasteiger partial charge in [-0.05, 0) is 50.0 Å². The van der Waals surface area contributed by atoms with Crippen LogP contribution in [0.4, 0.5) is 5.69 Å². The second kappa shape index (κ2) is 12.5. The molecule has 0 saturated carbocycles. The molecule has 4 aromatic rings. The van der Waals surface area contributed by atoms with Crippen LogP contribution in [0, 0.1) is 0 Å². The van der Waals surface area contributed by atoms with Gasteiger partial charge in [-0.25, -0.2) is 9.59 Å². The summed E-state index contributed by atoms with van der Waals surface area (Å²) in [5.41, 5.74) is 4.70. The summed E-state index contributed by atoms with van der Waals surface area (Å²) in [5.74, 6) is -0.688. The number of aromatic nitrogens is 1. The minimum absolute atomic E-state index is 0.558. The van der Waals surface area contributed by atoms with Gasteiger partial charge in [0.1, 0.15) is 0 Å². The third-order valence-electron chi connectivity index (χ3n) is 6.20. The maximum absolute atomic E-state index is 9.55. The van der Waals surface area contributed by atoms with Crippen molar-refractivity contribution in [1.29, 1.82) is 0 Å². The standard InChI is InChI=1S/C26H26ClN3O.C4H4O4/c1-28(2)14-15-30-23-16-20(27)12-13-21(23)26-24(30)18-29(17-19-8-4-3-5-9-19)22-10-6-7-11-25(22)31-26;5-3(6)1-2-4(7)8/h3-13,16H,14-15,17-18H2,1-2H3;1-2H,(H,5,6)(H,7,8)/b;2-1-. The lowest BCUT2D eigenvalue weighted by Crippen LogP contribution is -2.25. The Bertz CT molecular complexity index is 1480. The van der Waals surface area contributed by atoms with Crippen molar-refractivity contribution in [2.24, 2.45) is 0 Å². The topological polar surface area (TPSA) is 95.2 Å². The lowest BCUT2D eigenvalue weighted by Gasteiger charge is -2.25. The SMILES string of the molecule is CN(C)CCn1c2c(c3ccc(Cl)cc31)Oc1ccccc1N(Cc1ccccc1)C2.O=C(O)/C=C\C(=O)O. The Balaban J connectivity index is 0.000000386. The first-order valence-electron chi connectivity index (χ1n) is 12.4. The van der Waals surface area contributed by atoms with E-state index in [-0.39, 0.29) is 0 Å². The number of para-hydroxylation sites is 2. The van der Waals surface area contributed by atoms with Crippen molar-refractivity contribution >= 4 is 40.1 Å². The smallest absolute Gasteiger partial charge is 0.328 e. The van der Waals surface area contributed by atoms with E-state index in [9.17, 15) is 9.59 Å². The van der Waals surface area contributed by atoms with Gasteiger partial charge in [0.25, 0.3) is 0 Å². The summed E-state index contributed by atoms with van der Waals surface area (Å²) in [7, 11) is 4.21. The molecule has 0 amide bonds. The highest BCUT2D eigenvalue weighted by Gasteiger charge is 2.27. The maximum atomic E-state index is 9.55. The summed E-state index contributed by atoms with van der Waals surface area (Å²) in [6.45, 7) is 3.39. The van der Waals surface area contributed by atoms with E-state index < -0.39 is 11.9 Å². The van der Waals surface area contributed by atoms with Crippen LogP contribution in [0.15, 0.2) is 84.9 Å². The Morgan fingerprint density at radius 2 is 1.64 bits per heavy atom. The third-order valence-corrected chi connectivity index (χ3v) is 6.43. The number of carboxylic acids is 2. The molecule has 202 valence electrons. The first-order chi connectivity index (χ1) is 18.7. The molecule has 0 spiro atoms. The molecule has 1 aliphatic heterocycles. The molecule has 0 saturated heterocycles. The fourth-order valence-corrected chi connectivity index (χ4v) is 4.60. The normalized spacial score (nSPS) is 12.4. The number of likely N-dealkylation sites (N-methyl/N-ethyl adjacent to an activating group) is 1. The van der Waals surface area contributed by atoms with Gasteiger partial charge in [0.2, 0.25) is 0 Å². The molecule has 0 fully saturated rings. The summed E-state index contributed by atoms with van der Waals surface area (Å²) in [5, 5.41) is 17.5. The number of hydrogen-bond acceptors (Lipinski definition) is 5. The van der Waals surface area contributed by atoms with Crippen LogP contribution in [0.3, 0.4) is 0 Å². The molecule has 2 N–H and O–H groups in total. The maximum Gasteiger partial charge on any atom is 0.328 e. The van der Waals surface area contributed by atoms with Crippen LogP contribution in [0.1, 0.15) is 11.3 Å². The molecule has 0 aliphatic carbocycles. The molecule has 0 unspecified atom stereocenters. The lowest BCUT2D eigenvalue weighted by atomic mass is 10.2. The number of aliphatic carboxylic acids is 2. The van der Waals surface area contributed by atoms with Crippen molar-refractivity contribution in [3.8, 4) is 11.5 Å². The summed E-state index contributed by atoms with van der Waals surface area (Å²) in [4.78, 5) is 23.7. The Hall–Kier alpha value is -4.27. The van der Waals surface area contributed by atoms with Crippen LogP contribution in [0.25, 0.3) is 10.9 Å². The van der Waals surface area contributed by atoms with Crippen LogP contribution in [0.2, 0.25) is 5.02 Å². The summed E-state index contributed by atoms with van der Waals surface area (Å²) < 4.78 is 8.97. The van der Waals surface area contributed by atoms with Crippen LogP contribution >= 0.6 is 11.6 Å². The van der Waals surface area contributed by atoms with E-state index in [1.165, 1.54) is 11.3 Å². The summed E-state index contributed by atoms with van der Waals surface area (Å²) in [6.07, 6.45) is 1.12. The second-order valence-corrected chi connectivity index (χ2v) is 9.75. The van der Waals surface area contributed by atoms with Crippen molar-refractivity contribution in [2.75, 3.05) is 25.5 Å². The predicted molar refractivity (Wildman–Crippen MR) is 153 cm³/mol. The van der Waals surface area contributed by atoms with Gasteiger partial charge in [0.05, 0.1) is 23.4 Å². The van der Waals surface area contributed by atoms with Crippen LogP contribution in [0.5, 0.6) is 11.5 Å². The average molecular weight is 548 g/mol. The van der Waals surface area contributed by atoms with Gasteiger partial charge in [-0.3, -0.25) is 0 Å². The number of nitrogens with zero attached hydrogens (tertiary/aromatic N) is 3. The average Bonchev–Trinajstić information content (AvgIpc) is 3.07. The molecule has 0 radical (unpaired) electrons. The minimum Gasteiger partial charge on any atom is -0.478 e. The van der Waals surface area contributed by atoms with Crippen LogP contribution in [-0.4, -0.2) is 52.3 Å². The molecule has 8 nitrogen and oxygen atoms in total. The predicted octanol–water partition coefficient (Wildman–Crippen LogP) is 5.88. The Morgan fingerprint density at radius 3 is 2.31 bits per heavy atom. The van der Waals surface area contributed by atoms with E-state index in [0.29, 0.717) is 12.2 Å². The number of fused-ring (bicyclic) bond motifs is 4. The van der Waals surface area contributed by atoms with E-state index in [1.807, 2.05) is 12.1 Å². The Morgan fingerprint density at radius 1 is 0.974 bits per heavy atom. The number of carbonyl (C=O) groups is 2. The fraction of sp³-hybridized carbons (Fsp3) is 0.200. The van der Waals surface area contributed by atoms with Gasteiger partial charge < -0.3 is 29.3 Å². The zero-order valence-electron chi connectivity index (χ0n) is 21.8. The highest BCUT2D eigenvalue weighted by Crippen LogP contribution is 2.44. The van der Waals surface area contributed by atoms with Crippen molar-refractivity contribution in [2.45, 2.75) is 19.6 Å². The highest BCUT2D eigenvalue weighted by molar-refractivity contribution is 6.31. The fourth-order valence-electron chi connectivity index (χ4n) is 4.44. The molecule has 39 heavy (non-hydrogen) atoms. The van der Waals surface area contributed by atoms with Gasteiger partial charge in [0.15, 0.2) is 11.5 Å². The zero-order chi connectivity index (χ0) is 27.9. The molecular formula is C30H30ClN3O5. The summed E-state index contributed by atoms with van der Waals surface area (Å²) >= 11 is 6.39. The number of carboxylic acid groups (broad SMARTS) is 2. The van der Waals surface area contributed by atoms with E-state index in [2.05, 4.69) is 89.1 Å².